The van der Waals surface area contributed by atoms with Crippen LogP contribution in [-0.2, 0) is 11.3 Å². The molecule has 0 radical (unpaired) electrons. The maximum absolute atomic E-state index is 13.4. The Labute approximate surface area is 135 Å². The minimum Gasteiger partial charge on any atom is -0.491 e. The fraction of sp³-hybridized carbons (Fsp3) is 0.278. The van der Waals surface area contributed by atoms with E-state index in [2.05, 4.69) is 10.6 Å². The molecule has 23 heavy (non-hydrogen) atoms. The van der Waals surface area contributed by atoms with E-state index in [0.717, 1.165) is 11.4 Å². The van der Waals surface area contributed by atoms with Gasteiger partial charge in [-0.2, -0.15) is 0 Å². The van der Waals surface area contributed by atoms with Crippen molar-refractivity contribution in [3.63, 3.8) is 0 Å². The molecule has 0 saturated heterocycles. The van der Waals surface area contributed by atoms with E-state index in [1.165, 1.54) is 6.07 Å². The second kappa shape index (κ2) is 8.17. The summed E-state index contributed by atoms with van der Waals surface area (Å²) in [5.74, 6) is 0.270. The Bertz CT molecular complexity index is 642. The zero-order valence-electron chi connectivity index (χ0n) is 13.3. The molecule has 2 N–H and O–H groups in total. The van der Waals surface area contributed by atoms with Crippen molar-refractivity contribution < 1.29 is 13.9 Å². The molecule has 0 aliphatic heterocycles. The monoisotopic (exact) mass is 316 g/mol. The molecule has 0 fully saturated rings. The van der Waals surface area contributed by atoms with Crippen LogP contribution in [-0.4, -0.2) is 18.6 Å². The highest BCUT2D eigenvalue weighted by molar-refractivity contribution is 5.80. The SMILES string of the molecule is CC(C)Oc1ccc(NCC(=O)NCc2ccccc2F)cc1. The van der Waals surface area contributed by atoms with Crippen molar-refractivity contribution in [2.75, 3.05) is 11.9 Å². The van der Waals surface area contributed by atoms with Crippen molar-refractivity contribution in [1.29, 1.82) is 0 Å². The number of rotatable bonds is 7. The van der Waals surface area contributed by atoms with Gasteiger partial charge in [0.1, 0.15) is 11.6 Å². The van der Waals surface area contributed by atoms with Gasteiger partial charge >= 0.3 is 0 Å². The number of hydrogen-bond donors (Lipinski definition) is 2. The zero-order chi connectivity index (χ0) is 16.7. The number of halogens is 1. The van der Waals surface area contributed by atoms with Crippen LogP contribution in [0, 0.1) is 5.82 Å². The lowest BCUT2D eigenvalue weighted by Gasteiger charge is -2.11. The minimum absolute atomic E-state index is 0.123. The Morgan fingerprint density at radius 2 is 1.83 bits per heavy atom. The number of nitrogens with one attached hydrogen (secondary N) is 2. The molecule has 2 rings (SSSR count). The van der Waals surface area contributed by atoms with E-state index in [9.17, 15) is 9.18 Å². The fourth-order valence-electron chi connectivity index (χ4n) is 2.00. The zero-order valence-corrected chi connectivity index (χ0v) is 13.3. The van der Waals surface area contributed by atoms with E-state index in [-0.39, 0.29) is 30.9 Å². The van der Waals surface area contributed by atoms with E-state index in [0.29, 0.717) is 5.56 Å². The molecular formula is C18H21FN2O2. The molecule has 2 aromatic carbocycles. The van der Waals surface area contributed by atoms with Crippen molar-refractivity contribution in [3.8, 4) is 5.75 Å². The molecule has 0 bridgehead atoms. The predicted molar refractivity (Wildman–Crippen MR) is 88.9 cm³/mol. The molecule has 0 aliphatic carbocycles. The highest BCUT2D eigenvalue weighted by atomic mass is 19.1. The van der Waals surface area contributed by atoms with E-state index >= 15 is 0 Å². The number of amides is 1. The maximum atomic E-state index is 13.4. The summed E-state index contributed by atoms with van der Waals surface area (Å²) in [4.78, 5) is 11.8. The quantitative estimate of drug-likeness (QED) is 0.824. The van der Waals surface area contributed by atoms with Gasteiger partial charge in [0, 0.05) is 17.8 Å². The first-order valence-electron chi connectivity index (χ1n) is 7.55. The molecule has 0 spiro atoms. The Morgan fingerprint density at radius 3 is 2.48 bits per heavy atom. The van der Waals surface area contributed by atoms with Crippen molar-refractivity contribution in [1.82, 2.24) is 5.32 Å². The molecule has 2 aromatic rings. The summed E-state index contributed by atoms with van der Waals surface area (Å²) in [5.41, 5.74) is 1.29. The van der Waals surface area contributed by atoms with Crippen molar-refractivity contribution in [2.45, 2.75) is 26.5 Å². The first-order valence-corrected chi connectivity index (χ1v) is 7.55. The van der Waals surface area contributed by atoms with Gasteiger partial charge in [0.2, 0.25) is 5.91 Å². The Kier molecular flexibility index (Phi) is 5.97. The normalized spacial score (nSPS) is 10.4. The third kappa shape index (κ3) is 5.62. The molecule has 4 nitrogen and oxygen atoms in total. The van der Waals surface area contributed by atoms with Gasteiger partial charge in [-0.25, -0.2) is 4.39 Å². The van der Waals surface area contributed by atoms with Crippen LogP contribution >= 0.6 is 0 Å². The molecule has 1 amide bonds. The van der Waals surface area contributed by atoms with E-state index in [4.69, 9.17) is 4.74 Å². The maximum Gasteiger partial charge on any atom is 0.239 e. The molecule has 5 heteroatoms. The van der Waals surface area contributed by atoms with Gasteiger partial charge in [-0.15, -0.1) is 0 Å². The Hall–Kier alpha value is -2.56. The van der Waals surface area contributed by atoms with Gasteiger partial charge in [-0.05, 0) is 44.2 Å². The fourth-order valence-corrected chi connectivity index (χ4v) is 2.00. The van der Waals surface area contributed by atoms with E-state index in [1.807, 2.05) is 38.1 Å². The summed E-state index contributed by atoms with van der Waals surface area (Å²) in [6.45, 7) is 4.23. The van der Waals surface area contributed by atoms with Crippen LogP contribution in [0.25, 0.3) is 0 Å². The topological polar surface area (TPSA) is 50.4 Å². The average molecular weight is 316 g/mol. The lowest BCUT2D eigenvalue weighted by molar-refractivity contribution is -0.119. The first-order chi connectivity index (χ1) is 11.0. The second-order valence-corrected chi connectivity index (χ2v) is 5.41. The number of anilines is 1. The largest absolute Gasteiger partial charge is 0.491 e. The summed E-state index contributed by atoms with van der Waals surface area (Å²) >= 11 is 0. The lowest BCUT2D eigenvalue weighted by atomic mass is 10.2. The molecule has 0 heterocycles. The molecule has 0 saturated carbocycles. The summed E-state index contributed by atoms with van der Waals surface area (Å²) in [6.07, 6.45) is 0.123. The lowest BCUT2D eigenvalue weighted by Crippen LogP contribution is -2.29. The summed E-state index contributed by atoms with van der Waals surface area (Å²) in [7, 11) is 0. The van der Waals surface area contributed by atoms with Crippen LogP contribution < -0.4 is 15.4 Å². The van der Waals surface area contributed by atoms with Crippen LogP contribution in [0.5, 0.6) is 5.75 Å². The van der Waals surface area contributed by atoms with Crippen LogP contribution in [0.2, 0.25) is 0 Å². The van der Waals surface area contributed by atoms with Crippen LogP contribution in [0.1, 0.15) is 19.4 Å². The number of ether oxygens (including phenoxy) is 1. The highest BCUT2D eigenvalue weighted by Crippen LogP contribution is 2.16. The summed E-state index contributed by atoms with van der Waals surface area (Å²) < 4.78 is 19.0. The van der Waals surface area contributed by atoms with Crippen LogP contribution in [0.4, 0.5) is 10.1 Å². The van der Waals surface area contributed by atoms with Gasteiger partial charge in [0.15, 0.2) is 0 Å². The number of benzene rings is 2. The smallest absolute Gasteiger partial charge is 0.239 e. The average Bonchev–Trinajstić information content (AvgIpc) is 2.53. The standard InChI is InChI=1S/C18H21FN2O2/c1-13(2)23-16-9-7-15(8-10-16)20-12-18(22)21-11-14-5-3-4-6-17(14)19/h3-10,13,20H,11-12H2,1-2H3,(H,21,22). The molecule has 122 valence electrons. The molecule has 0 aliphatic rings. The third-order valence-electron chi connectivity index (χ3n) is 3.11. The van der Waals surface area contributed by atoms with Gasteiger partial charge < -0.3 is 15.4 Å². The molecule has 0 unspecified atom stereocenters. The Morgan fingerprint density at radius 1 is 1.13 bits per heavy atom. The third-order valence-corrected chi connectivity index (χ3v) is 3.11. The Balaban J connectivity index is 1.77. The van der Waals surface area contributed by atoms with Crippen molar-refractivity contribution >= 4 is 11.6 Å². The van der Waals surface area contributed by atoms with Gasteiger partial charge in [0.25, 0.3) is 0 Å². The van der Waals surface area contributed by atoms with Crippen molar-refractivity contribution in [2.24, 2.45) is 0 Å². The number of carbonyl (C=O) groups excluding carboxylic acids is 1. The van der Waals surface area contributed by atoms with Crippen molar-refractivity contribution in [3.05, 3.63) is 59.9 Å². The molecular weight excluding hydrogens is 295 g/mol. The van der Waals surface area contributed by atoms with E-state index in [1.54, 1.807) is 18.2 Å². The van der Waals surface area contributed by atoms with Gasteiger partial charge in [0.05, 0.1) is 12.6 Å². The number of hydrogen-bond acceptors (Lipinski definition) is 3. The second-order valence-electron chi connectivity index (χ2n) is 5.41. The van der Waals surface area contributed by atoms with Gasteiger partial charge in [-0.3, -0.25) is 4.79 Å². The van der Waals surface area contributed by atoms with Crippen LogP contribution in [0.15, 0.2) is 48.5 Å². The predicted octanol–water partition coefficient (Wildman–Crippen LogP) is 3.34. The summed E-state index contributed by atoms with van der Waals surface area (Å²) in [6, 6.07) is 13.8. The van der Waals surface area contributed by atoms with Crippen LogP contribution in [0.3, 0.4) is 0 Å². The first kappa shape index (κ1) is 16.8. The van der Waals surface area contributed by atoms with E-state index < -0.39 is 0 Å². The molecule has 0 aromatic heterocycles. The number of carbonyl (C=O) groups is 1. The minimum atomic E-state index is -0.318. The highest BCUT2D eigenvalue weighted by Gasteiger charge is 2.05. The van der Waals surface area contributed by atoms with Gasteiger partial charge in [-0.1, -0.05) is 18.2 Å². The summed E-state index contributed by atoms with van der Waals surface area (Å²) in [5, 5.41) is 5.70. The molecule has 0 atom stereocenters.